The quantitative estimate of drug-likeness (QED) is 0.617. The van der Waals surface area contributed by atoms with Gasteiger partial charge in [-0.3, -0.25) is 19.7 Å². The molecule has 0 aliphatic rings. The van der Waals surface area contributed by atoms with Gasteiger partial charge in [-0.15, -0.1) is 0 Å². The average Bonchev–Trinajstić information content (AvgIpc) is 2.37. The fraction of sp³-hybridized carbons (Fsp3) is 0.429. The highest BCUT2D eigenvalue weighted by Gasteiger charge is 2.26. The van der Waals surface area contributed by atoms with Crippen LogP contribution < -0.4 is 5.32 Å². The molecule has 1 amide bonds. The van der Waals surface area contributed by atoms with Crippen molar-refractivity contribution in [1.82, 2.24) is 5.32 Å². The first-order valence-corrected chi connectivity index (χ1v) is 6.42. The van der Waals surface area contributed by atoms with Crippen LogP contribution in [-0.4, -0.2) is 28.5 Å². The minimum absolute atomic E-state index is 0.0731. The fourth-order valence-corrected chi connectivity index (χ4v) is 1.71. The van der Waals surface area contributed by atoms with Crippen LogP contribution in [0.5, 0.6) is 0 Å². The van der Waals surface area contributed by atoms with Gasteiger partial charge in [-0.05, 0) is 38.8 Å². The highest BCUT2D eigenvalue weighted by molar-refractivity contribution is 5.95. The number of nitro groups is 1. The fourth-order valence-electron chi connectivity index (χ4n) is 1.71. The molecule has 0 aliphatic heterocycles. The lowest BCUT2D eigenvalue weighted by Gasteiger charge is -2.19. The van der Waals surface area contributed by atoms with Gasteiger partial charge in [0.15, 0.2) is 0 Å². The van der Waals surface area contributed by atoms with Crippen LogP contribution in [0.15, 0.2) is 18.2 Å². The predicted octanol–water partition coefficient (Wildman–Crippen LogP) is 2.13. The lowest BCUT2D eigenvalue weighted by atomic mass is 9.89. The Morgan fingerprint density at radius 3 is 2.48 bits per heavy atom. The van der Waals surface area contributed by atoms with Crippen molar-refractivity contribution in [2.75, 3.05) is 6.54 Å². The minimum atomic E-state index is -0.928. The molecule has 0 bridgehead atoms. The molecule has 1 aromatic carbocycles. The van der Waals surface area contributed by atoms with Crippen LogP contribution in [0.1, 0.15) is 36.2 Å². The Bertz CT molecular complexity index is 581. The van der Waals surface area contributed by atoms with Crippen molar-refractivity contribution in [2.24, 2.45) is 5.41 Å². The Balaban J connectivity index is 2.69. The molecule has 7 heteroatoms. The van der Waals surface area contributed by atoms with Gasteiger partial charge in [0.1, 0.15) is 0 Å². The summed E-state index contributed by atoms with van der Waals surface area (Å²) in [6.07, 6.45) is 0.292. The Kier molecular flexibility index (Phi) is 5.02. The zero-order chi connectivity index (χ0) is 16.2. The minimum Gasteiger partial charge on any atom is -0.481 e. The van der Waals surface area contributed by atoms with Crippen molar-refractivity contribution in [3.8, 4) is 0 Å². The molecule has 0 fully saturated rings. The van der Waals surface area contributed by atoms with E-state index >= 15 is 0 Å². The Labute approximate surface area is 122 Å². The summed E-state index contributed by atoms with van der Waals surface area (Å²) in [7, 11) is 0. The topological polar surface area (TPSA) is 110 Å². The molecule has 1 rings (SSSR count). The Hall–Kier alpha value is -2.44. The van der Waals surface area contributed by atoms with E-state index in [4.69, 9.17) is 5.11 Å². The number of rotatable bonds is 6. The van der Waals surface area contributed by atoms with Gasteiger partial charge in [-0.2, -0.15) is 0 Å². The number of carbonyl (C=O) groups excluding carboxylic acids is 1. The second-order valence-corrected chi connectivity index (χ2v) is 5.45. The molecule has 0 unspecified atom stereocenters. The highest BCUT2D eigenvalue weighted by atomic mass is 16.6. The zero-order valence-electron chi connectivity index (χ0n) is 12.2. The molecular formula is C14H18N2O5. The van der Waals surface area contributed by atoms with E-state index in [1.807, 2.05) is 0 Å². The molecule has 7 nitrogen and oxygen atoms in total. The van der Waals surface area contributed by atoms with E-state index in [2.05, 4.69) is 5.32 Å². The number of aryl methyl sites for hydroxylation is 1. The van der Waals surface area contributed by atoms with Crippen molar-refractivity contribution in [1.29, 1.82) is 0 Å². The first-order valence-electron chi connectivity index (χ1n) is 6.42. The maximum Gasteiger partial charge on any atom is 0.309 e. The first kappa shape index (κ1) is 16.6. The summed E-state index contributed by atoms with van der Waals surface area (Å²) in [4.78, 5) is 33.0. The van der Waals surface area contributed by atoms with Crippen molar-refractivity contribution in [3.63, 3.8) is 0 Å². The van der Waals surface area contributed by atoms with Crippen molar-refractivity contribution < 1.29 is 19.6 Å². The molecule has 1 aromatic rings. The number of nitrogens with one attached hydrogen (secondary N) is 1. The molecule has 0 spiro atoms. The number of amides is 1. The molecule has 0 heterocycles. The molecule has 21 heavy (non-hydrogen) atoms. The van der Waals surface area contributed by atoms with Gasteiger partial charge in [0.05, 0.1) is 10.3 Å². The van der Waals surface area contributed by atoms with Crippen molar-refractivity contribution in [2.45, 2.75) is 27.2 Å². The highest BCUT2D eigenvalue weighted by Crippen LogP contribution is 2.20. The lowest BCUT2D eigenvalue weighted by molar-refractivity contribution is -0.384. The first-order chi connectivity index (χ1) is 9.65. The smallest absolute Gasteiger partial charge is 0.309 e. The van der Waals surface area contributed by atoms with Gasteiger partial charge in [0.2, 0.25) is 0 Å². The molecular weight excluding hydrogens is 276 g/mol. The maximum atomic E-state index is 12.0. The van der Waals surface area contributed by atoms with E-state index in [1.165, 1.54) is 18.2 Å². The Morgan fingerprint density at radius 1 is 1.38 bits per heavy atom. The van der Waals surface area contributed by atoms with Crippen LogP contribution in [0.3, 0.4) is 0 Å². The molecule has 0 saturated heterocycles. The van der Waals surface area contributed by atoms with E-state index in [0.29, 0.717) is 17.5 Å². The second-order valence-electron chi connectivity index (χ2n) is 5.45. The number of carboxylic acid groups (broad SMARTS) is 1. The normalized spacial score (nSPS) is 11.0. The molecule has 0 atom stereocenters. The van der Waals surface area contributed by atoms with E-state index in [1.54, 1.807) is 20.8 Å². The van der Waals surface area contributed by atoms with Gasteiger partial charge in [-0.25, -0.2) is 0 Å². The number of carbonyl (C=O) groups is 2. The van der Waals surface area contributed by atoms with Crippen LogP contribution in [0.25, 0.3) is 0 Å². The average molecular weight is 294 g/mol. The van der Waals surface area contributed by atoms with Gasteiger partial charge in [0, 0.05) is 24.2 Å². The monoisotopic (exact) mass is 294 g/mol. The molecule has 0 radical (unpaired) electrons. The van der Waals surface area contributed by atoms with Gasteiger partial charge in [-0.1, -0.05) is 0 Å². The van der Waals surface area contributed by atoms with Crippen LogP contribution >= 0.6 is 0 Å². The largest absolute Gasteiger partial charge is 0.481 e. The Morgan fingerprint density at radius 2 is 2.00 bits per heavy atom. The number of hydrogen-bond donors (Lipinski definition) is 2. The van der Waals surface area contributed by atoms with Crippen molar-refractivity contribution >= 4 is 17.6 Å². The third-order valence-electron chi connectivity index (χ3n) is 3.28. The van der Waals surface area contributed by atoms with E-state index in [-0.39, 0.29) is 18.1 Å². The third-order valence-corrected chi connectivity index (χ3v) is 3.28. The summed E-state index contributed by atoms with van der Waals surface area (Å²) in [5.74, 6) is -1.30. The summed E-state index contributed by atoms with van der Waals surface area (Å²) in [5, 5.41) is 22.2. The molecule has 0 saturated carbocycles. The third kappa shape index (κ3) is 4.27. The van der Waals surface area contributed by atoms with Crippen molar-refractivity contribution in [3.05, 3.63) is 39.4 Å². The summed E-state index contributed by atoms with van der Waals surface area (Å²) in [5.41, 5.74) is -0.151. The van der Waals surface area contributed by atoms with Gasteiger partial charge in [0.25, 0.3) is 11.6 Å². The number of nitrogens with zero attached hydrogens (tertiary/aromatic N) is 1. The summed E-state index contributed by atoms with van der Waals surface area (Å²) >= 11 is 0. The SMILES string of the molecule is Cc1cc([N+](=O)[O-])ccc1C(=O)NCCC(C)(C)C(=O)O. The van der Waals surface area contributed by atoms with Crippen LogP contribution in [-0.2, 0) is 4.79 Å². The second kappa shape index (κ2) is 6.34. The van der Waals surface area contributed by atoms with Crippen LogP contribution in [0.2, 0.25) is 0 Å². The maximum absolute atomic E-state index is 12.0. The standard InChI is InChI=1S/C14H18N2O5/c1-9-8-10(16(20)21)4-5-11(9)12(17)15-7-6-14(2,3)13(18)19/h4-5,8H,6-7H2,1-3H3,(H,15,17)(H,18,19). The van der Waals surface area contributed by atoms with E-state index < -0.39 is 16.3 Å². The molecule has 0 aliphatic carbocycles. The van der Waals surface area contributed by atoms with Gasteiger partial charge < -0.3 is 10.4 Å². The summed E-state index contributed by atoms with van der Waals surface area (Å²) in [6.45, 7) is 4.99. The molecule has 2 N–H and O–H groups in total. The summed E-state index contributed by atoms with van der Waals surface area (Å²) in [6, 6.07) is 3.99. The number of nitro benzene ring substituents is 1. The zero-order valence-corrected chi connectivity index (χ0v) is 12.2. The molecule has 0 aromatic heterocycles. The summed E-state index contributed by atoms with van der Waals surface area (Å²) < 4.78 is 0. The van der Waals surface area contributed by atoms with Gasteiger partial charge >= 0.3 is 5.97 Å². The number of benzene rings is 1. The lowest BCUT2D eigenvalue weighted by Crippen LogP contribution is -2.32. The van der Waals surface area contributed by atoms with E-state index in [9.17, 15) is 19.7 Å². The number of carboxylic acids is 1. The number of aliphatic carboxylic acids is 1. The predicted molar refractivity (Wildman–Crippen MR) is 76.2 cm³/mol. The number of non-ortho nitro benzene ring substituents is 1. The van der Waals surface area contributed by atoms with Crippen LogP contribution in [0.4, 0.5) is 5.69 Å². The molecule has 114 valence electrons. The number of hydrogen-bond acceptors (Lipinski definition) is 4. The van der Waals surface area contributed by atoms with E-state index in [0.717, 1.165) is 0 Å². The van der Waals surface area contributed by atoms with Crippen LogP contribution in [0, 0.1) is 22.5 Å².